The molecule has 1 amide bonds. The van der Waals surface area contributed by atoms with Gasteiger partial charge >= 0.3 is 0 Å². The second-order valence-corrected chi connectivity index (χ2v) is 6.31. The summed E-state index contributed by atoms with van der Waals surface area (Å²) in [4.78, 5) is 15.6. The van der Waals surface area contributed by atoms with Crippen LogP contribution in [0.15, 0.2) is 29.8 Å². The van der Waals surface area contributed by atoms with Crippen LogP contribution in [0.3, 0.4) is 0 Å². The number of benzene rings is 1. The van der Waals surface area contributed by atoms with Gasteiger partial charge in [0.15, 0.2) is 0 Å². The third-order valence-corrected chi connectivity index (χ3v) is 4.42. The Kier molecular flexibility index (Phi) is 6.37. The quantitative estimate of drug-likeness (QED) is 0.327. The molecule has 23 heavy (non-hydrogen) atoms. The zero-order valence-corrected chi connectivity index (χ0v) is 14.3. The van der Waals surface area contributed by atoms with Gasteiger partial charge in [-0.05, 0) is 30.4 Å². The normalized spacial score (nSPS) is 12.8. The number of nitrogens with two attached hydrogens (primary N) is 1. The summed E-state index contributed by atoms with van der Waals surface area (Å²) in [7, 11) is 4.15. The van der Waals surface area contributed by atoms with Gasteiger partial charge in [-0.1, -0.05) is 12.1 Å². The molecule has 2 aromatic rings. The van der Waals surface area contributed by atoms with Crippen LogP contribution in [0.2, 0.25) is 0 Å². The number of carbonyl (C=O) groups is 1. The van der Waals surface area contributed by atoms with Crippen LogP contribution in [0, 0.1) is 0 Å². The smallest absolute Gasteiger partial charge is 0.221 e. The number of para-hydroxylation sites is 1. The van der Waals surface area contributed by atoms with E-state index in [0.29, 0.717) is 6.41 Å². The van der Waals surface area contributed by atoms with E-state index in [0.717, 1.165) is 17.5 Å². The van der Waals surface area contributed by atoms with Crippen molar-refractivity contribution in [3.63, 3.8) is 0 Å². The molecule has 0 spiro atoms. The van der Waals surface area contributed by atoms with Crippen LogP contribution in [0.5, 0.6) is 0 Å². The predicted octanol–water partition coefficient (Wildman–Crippen LogP) is 2.30. The SMILES string of the molecule is CNc1cccc(C2CC2)c1N(C)Cc1nccs1.NNC=O. The Bertz CT molecular complexity index is 613. The molecule has 1 aliphatic carbocycles. The molecule has 0 saturated heterocycles. The highest BCUT2D eigenvalue weighted by atomic mass is 32.1. The third-order valence-electron chi connectivity index (χ3n) is 3.66. The highest BCUT2D eigenvalue weighted by Crippen LogP contribution is 2.46. The number of carbonyl (C=O) groups excluding carboxylic acids is 1. The first kappa shape index (κ1) is 17.2. The molecule has 0 radical (unpaired) electrons. The Morgan fingerprint density at radius 2 is 2.22 bits per heavy atom. The fourth-order valence-electron chi connectivity index (χ4n) is 2.53. The minimum Gasteiger partial charge on any atom is -0.386 e. The summed E-state index contributed by atoms with van der Waals surface area (Å²) >= 11 is 1.72. The molecule has 6 nitrogen and oxygen atoms in total. The number of amides is 1. The average Bonchev–Trinajstić information content (AvgIpc) is 3.32. The molecule has 0 aliphatic heterocycles. The fraction of sp³-hybridized carbons (Fsp3) is 0.375. The summed E-state index contributed by atoms with van der Waals surface area (Å²) in [5.41, 5.74) is 5.78. The van der Waals surface area contributed by atoms with Gasteiger partial charge in [0.05, 0.1) is 17.9 Å². The third kappa shape index (κ3) is 4.67. The number of nitrogens with one attached hydrogen (secondary N) is 2. The summed E-state index contributed by atoms with van der Waals surface area (Å²) in [5.74, 6) is 5.16. The summed E-state index contributed by atoms with van der Waals surface area (Å²) in [6.45, 7) is 0.871. The van der Waals surface area contributed by atoms with Crippen LogP contribution in [0.4, 0.5) is 11.4 Å². The Morgan fingerprint density at radius 1 is 1.48 bits per heavy atom. The molecule has 124 valence electrons. The second-order valence-electron chi connectivity index (χ2n) is 5.33. The lowest BCUT2D eigenvalue weighted by molar-refractivity contribution is -0.109. The van der Waals surface area contributed by atoms with Gasteiger partial charge in [0.25, 0.3) is 0 Å². The Labute approximate surface area is 140 Å². The lowest BCUT2D eigenvalue weighted by Gasteiger charge is -2.24. The van der Waals surface area contributed by atoms with Gasteiger partial charge in [-0.25, -0.2) is 10.8 Å². The van der Waals surface area contributed by atoms with Gasteiger partial charge < -0.3 is 10.2 Å². The first-order valence-corrected chi connectivity index (χ1v) is 8.39. The molecule has 1 heterocycles. The van der Waals surface area contributed by atoms with Crippen LogP contribution in [-0.2, 0) is 11.3 Å². The molecule has 0 unspecified atom stereocenters. The van der Waals surface area contributed by atoms with Crippen molar-refractivity contribution in [1.82, 2.24) is 10.4 Å². The van der Waals surface area contributed by atoms with E-state index < -0.39 is 0 Å². The van der Waals surface area contributed by atoms with Gasteiger partial charge in [0, 0.05) is 25.7 Å². The van der Waals surface area contributed by atoms with Crippen molar-refractivity contribution in [2.75, 3.05) is 24.3 Å². The van der Waals surface area contributed by atoms with Crippen LogP contribution in [-0.4, -0.2) is 25.5 Å². The minimum absolute atomic E-state index is 0.403. The fourth-order valence-corrected chi connectivity index (χ4v) is 3.19. The van der Waals surface area contributed by atoms with E-state index in [1.807, 2.05) is 18.6 Å². The Balaban J connectivity index is 0.000000433. The number of hydrogen-bond acceptors (Lipinski definition) is 6. The Hall–Kier alpha value is -2.12. The number of nitrogens with zero attached hydrogens (tertiary/aromatic N) is 2. The van der Waals surface area contributed by atoms with Crippen molar-refractivity contribution in [2.45, 2.75) is 25.3 Å². The molecule has 1 fully saturated rings. The van der Waals surface area contributed by atoms with E-state index in [-0.39, 0.29) is 0 Å². The maximum absolute atomic E-state index is 8.94. The molecule has 1 aromatic heterocycles. The topological polar surface area (TPSA) is 83.3 Å². The second kappa shape index (κ2) is 8.50. The number of hydrogen-bond donors (Lipinski definition) is 3. The highest BCUT2D eigenvalue weighted by molar-refractivity contribution is 7.09. The number of hydrazine groups is 1. The van der Waals surface area contributed by atoms with E-state index in [4.69, 9.17) is 4.79 Å². The van der Waals surface area contributed by atoms with Crippen LogP contribution in [0.1, 0.15) is 29.3 Å². The number of rotatable bonds is 6. The van der Waals surface area contributed by atoms with Gasteiger partial charge in [-0.3, -0.25) is 10.2 Å². The van der Waals surface area contributed by atoms with E-state index in [1.54, 1.807) is 16.8 Å². The molecule has 4 N–H and O–H groups in total. The average molecular weight is 333 g/mol. The molecular weight excluding hydrogens is 310 g/mol. The maximum atomic E-state index is 8.94. The van der Waals surface area contributed by atoms with Crippen LogP contribution in [0.25, 0.3) is 0 Å². The maximum Gasteiger partial charge on any atom is 0.221 e. The molecule has 0 bridgehead atoms. The van der Waals surface area contributed by atoms with Crippen LogP contribution >= 0.6 is 11.3 Å². The van der Waals surface area contributed by atoms with Crippen molar-refractivity contribution < 1.29 is 4.79 Å². The predicted molar refractivity (Wildman–Crippen MR) is 95.6 cm³/mol. The van der Waals surface area contributed by atoms with Crippen molar-refractivity contribution in [3.05, 3.63) is 40.3 Å². The summed E-state index contributed by atoms with van der Waals surface area (Å²) in [6.07, 6.45) is 4.93. The molecule has 1 aromatic carbocycles. The van der Waals surface area contributed by atoms with Crippen molar-refractivity contribution >= 4 is 29.1 Å². The van der Waals surface area contributed by atoms with Gasteiger partial charge in [-0.15, -0.1) is 11.3 Å². The molecule has 7 heteroatoms. The number of aromatic nitrogens is 1. The van der Waals surface area contributed by atoms with E-state index in [2.05, 4.69) is 46.3 Å². The monoisotopic (exact) mass is 333 g/mol. The molecule has 1 saturated carbocycles. The Morgan fingerprint density at radius 3 is 2.74 bits per heavy atom. The molecule has 1 aliphatic rings. The highest BCUT2D eigenvalue weighted by Gasteiger charge is 2.28. The van der Waals surface area contributed by atoms with E-state index in [1.165, 1.54) is 29.8 Å². The number of thiazole rings is 1. The summed E-state index contributed by atoms with van der Waals surface area (Å²) in [6, 6.07) is 6.58. The lowest BCUT2D eigenvalue weighted by Crippen LogP contribution is -2.19. The van der Waals surface area contributed by atoms with E-state index in [9.17, 15) is 0 Å². The molecule has 0 atom stereocenters. The molecular formula is C16H23N5OS. The minimum atomic E-state index is 0.403. The molecule has 3 rings (SSSR count). The number of anilines is 2. The van der Waals surface area contributed by atoms with Crippen molar-refractivity contribution in [1.29, 1.82) is 0 Å². The first-order chi connectivity index (χ1) is 11.2. The summed E-state index contributed by atoms with van der Waals surface area (Å²) < 4.78 is 0. The van der Waals surface area contributed by atoms with Gasteiger partial charge in [0.1, 0.15) is 5.01 Å². The van der Waals surface area contributed by atoms with Crippen molar-refractivity contribution in [3.8, 4) is 0 Å². The zero-order valence-electron chi connectivity index (χ0n) is 13.5. The zero-order chi connectivity index (χ0) is 16.7. The summed E-state index contributed by atoms with van der Waals surface area (Å²) in [5, 5.41) is 6.52. The standard InChI is InChI=1S/C15H19N3S.CH4N2O/c1-16-13-5-3-4-12(11-6-7-11)15(13)18(2)10-14-17-8-9-19-14;2-3-1-4/h3-5,8-9,11,16H,6-7,10H2,1-2H3;1H,2H2,(H,3,4). The van der Waals surface area contributed by atoms with Gasteiger partial charge in [0.2, 0.25) is 6.41 Å². The van der Waals surface area contributed by atoms with Crippen molar-refractivity contribution in [2.24, 2.45) is 5.84 Å². The van der Waals surface area contributed by atoms with E-state index >= 15 is 0 Å². The van der Waals surface area contributed by atoms with Crippen LogP contribution < -0.4 is 21.5 Å². The first-order valence-electron chi connectivity index (χ1n) is 7.51. The largest absolute Gasteiger partial charge is 0.386 e. The lowest BCUT2D eigenvalue weighted by atomic mass is 10.1. The van der Waals surface area contributed by atoms with Gasteiger partial charge in [-0.2, -0.15) is 0 Å².